The van der Waals surface area contributed by atoms with Gasteiger partial charge in [0.2, 0.25) is 0 Å². The van der Waals surface area contributed by atoms with E-state index in [1.807, 2.05) is 0 Å². The lowest BCUT2D eigenvalue weighted by Gasteiger charge is -2.37. The summed E-state index contributed by atoms with van der Waals surface area (Å²) in [6, 6.07) is 3.18. The predicted octanol–water partition coefficient (Wildman–Crippen LogP) is 0.799. The predicted molar refractivity (Wildman–Crippen MR) is 55.7 cm³/mol. The van der Waals surface area contributed by atoms with Crippen LogP contribution >= 0.6 is 11.6 Å². The number of aliphatic hydroxyl groups is 1. The molecule has 0 saturated carbocycles. The van der Waals surface area contributed by atoms with E-state index >= 15 is 0 Å². The Hall–Kier alpha value is -1.13. The third kappa shape index (κ3) is 2.11. The van der Waals surface area contributed by atoms with Crippen LogP contribution in [0.2, 0.25) is 5.02 Å². The van der Waals surface area contributed by atoms with Gasteiger partial charge in [-0.2, -0.15) is 0 Å². The quantitative estimate of drug-likeness (QED) is 0.812. The first-order valence-electron chi connectivity index (χ1n) is 4.72. The SMILES string of the molecule is O=C(c1cc(Cl)ccn1)N1CC(CO)C1. The molecule has 4 nitrogen and oxygen atoms in total. The number of aromatic nitrogens is 1. The fraction of sp³-hybridized carbons (Fsp3) is 0.400. The molecule has 5 heteroatoms. The molecule has 1 saturated heterocycles. The number of likely N-dealkylation sites (tertiary alicyclic amines) is 1. The van der Waals surface area contributed by atoms with Crippen molar-refractivity contribution in [3.63, 3.8) is 0 Å². The molecule has 1 amide bonds. The van der Waals surface area contributed by atoms with E-state index in [4.69, 9.17) is 16.7 Å². The second-order valence-corrected chi connectivity index (χ2v) is 4.05. The fourth-order valence-electron chi connectivity index (χ4n) is 1.53. The van der Waals surface area contributed by atoms with Crippen LogP contribution in [0.5, 0.6) is 0 Å². The second-order valence-electron chi connectivity index (χ2n) is 3.62. The summed E-state index contributed by atoms with van der Waals surface area (Å²) in [5, 5.41) is 9.33. The summed E-state index contributed by atoms with van der Waals surface area (Å²) < 4.78 is 0. The minimum absolute atomic E-state index is 0.123. The first-order chi connectivity index (χ1) is 7.20. The Morgan fingerprint density at radius 1 is 1.67 bits per heavy atom. The zero-order valence-electron chi connectivity index (χ0n) is 8.06. The lowest BCUT2D eigenvalue weighted by Crippen LogP contribution is -2.51. The van der Waals surface area contributed by atoms with Gasteiger partial charge < -0.3 is 10.0 Å². The Balaban J connectivity index is 2.03. The smallest absolute Gasteiger partial charge is 0.272 e. The van der Waals surface area contributed by atoms with Gasteiger partial charge in [0, 0.05) is 36.8 Å². The number of nitrogens with zero attached hydrogens (tertiary/aromatic N) is 2. The average molecular weight is 227 g/mol. The Morgan fingerprint density at radius 3 is 3.00 bits per heavy atom. The second kappa shape index (κ2) is 4.16. The number of halogens is 1. The van der Waals surface area contributed by atoms with Gasteiger partial charge in [-0.1, -0.05) is 11.6 Å². The van der Waals surface area contributed by atoms with Crippen LogP contribution in [0.4, 0.5) is 0 Å². The van der Waals surface area contributed by atoms with Crippen molar-refractivity contribution >= 4 is 17.5 Å². The molecule has 0 atom stereocenters. The van der Waals surface area contributed by atoms with Crippen molar-refractivity contribution in [3.05, 3.63) is 29.0 Å². The van der Waals surface area contributed by atoms with Gasteiger partial charge in [-0.05, 0) is 12.1 Å². The van der Waals surface area contributed by atoms with E-state index in [1.165, 1.54) is 6.20 Å². The molecule has 1 N–H and O–H groups in total. The largest absolute Gasteiger partial charge is 0.396 e. The van der Waals surface area contributed by atoms with Gasteiger partial charge >= 0.3 is 0 Å². The van der Waals surface area contributed by atoms with Crippen LogP contribution in [0.3, 0.4) is 0 Å². The third-order valence-electron chi connectivity index (χ3n) is 2.44. The Labute approximate surface area is 92.5 Å². The van der Waals surface area contributed by atoms with Crippen molar-refractivity contribution in [2.24, 2.45) is 5.92 Å². The molecule has 2 rings (SSSR count). The van der Waals surface area contributed by atoms with Crippen LogP contribution in [0.15, 0.2) is 18.3 Å². The minimum atomic E-state index is -0.123. The van der Waals surface area contributed by atoms with Crippen molar-refractivity contribution in [2.45, 2.75) is 0 Å². The van der Waals surface area contributed by atoms with E-state index in [0.717, 1.165) is 0 Å². The van der Waals surface area contributed by atoms with Gasteiger partial charge in [-0.3, -0.25) is 9.78 Å². The highest BCUT2D eigenvalue weighted by Gasteiger charge is 2.31. The molecule has 1 aliphatic heterocycles. The number of hydrogen-bond donors (Lipinski definition) is 1. The van der Waals surface area contributed by atoms with Gasteiger partial charge in [0.15, 0.2) is 0 Å². The van der Waals surface area contributed by atoms with E-state index in [2.05, 4.69) is 4.98 Å². The zero-order valence-corrected chi connectivity index (χ0v) is 8.81. The van der Waals surface area contributed by atoms with Crippen molar-refractivity contribution in [3.8, 4) is 0 Å². The third-order valence-corrected chi connectivity index (χ3v) is 2.68. The van der Waals surface area contributed by atoms with Crippen LogP contribution < -0.4 is 0 Å². The van der Waals surface area contributed by atoms with E-state index in [0.29, 0.717) is 23.8 Å². The topological polar surface area (TPSA) is 53.4 Å². The van der Waals surface area contributed by atoms with Gasteiger partial charge in [-0.15, -0.1) is 0 Å². The Morgan fingerprint density at radius 2 is 2.40 bits per heavy atom. The van der Waals surface area contributed by atoms with E-state index in [9.17, 15) is 4.79 Å². The summed E-state index contributed by atoms with van der Waals surface area (Å²) in [6.45, 7) is 1.33. The summed E-state index contributed by atoms with van der Waals surface area (Å²) in [5.41, 5.74) is 0.360. The molecular formula is C10H11ClN2O2. The number of amides is 1. The van der Waals surface area contributed by atoms with E-state index in [1.54, 1.807) is 17.0 Å². The van der Waals surface area contributed by atoms with Crippen molar-refractivity contribution in [2.75, 3.05) is 19.7 Å². The van der Waals surface area contributed by atoms with Crippen LogP contribution in [0.1, 0.15) is 10.5 Å². The molecule has 80 valence electrons. The van der Waals surface area contributed by atoms with Crippen LogP contribution in [-0.4, -0.2) is 40.6 Å². The van der Waals surface area contributed by atoms with E-state index < -0.39 is 0 Å². The molecule has 2 heterocycles. The van der Waals surface area contributed by atoms with Crippen LogP contribution in [-0.2, 0) is 0 Å². The van der Waals surface area contributed by atoms with Gasteiger partial charge in [0.1, 0.15) is 5.69 Å². The van der Waals surface area contributed by atoms with Gasteiger partial charge in [-0.25, -0.2) is 0 Å². The van der Waals surface area contributed by atoms with Crippen molar-refractivity contribution in [1.82, 2.24) is 9.88 Å². The zero-order chi connectivity index (χ0) is 10.8. The number of carbonyl (C=O) groups is 1. The highest BCUT2D eigenvalue weighted by molar-refractivity contribution is 6.30. The Kier molecular flexibility index (Phi) is 2.88. The molecule has 0 aromatic carbocycles. The maximum atomic E-state index is 11.8. The molecular weight excluding hydrogens is 216 g/mol. The summed E-state index contributed by atoms with van der Waals surface area (Å²) in [5.74, 6) is 0.0929. The summed E-state index contributed by atoms with van der Waals surface area (Å²) in [7, 11) is 0. The van der Waals surface area contributed by atoms with Crippen molar-refractivity contribution < 1.29 is 9.90 Å². The first kappa shape index (κ1) is 10.4. The van der Waals surface area contributed by atoms with Crippen LogP contribution in [0.25, 0.3) is 0 Å². The van der Waals surface area contributed by atoms with Crippen LogP contribution in [0, 0.1) is 5.92 Å². The van der Waals surface area contributed by atoms with E-state index in [-0.39, 0.29) is 18.4 Å². The maximum Gasteiger partial charge on any atom is 0.272 e. The lowest BCUT2D eigenvalue weighted by atomic mass is 10.0. The molecule has 0 bridgehead atoms. The standard InChI is InChI=1S/C10H11ClN2O2/c11-8-1-2-12-9(3-8)10(15)13-4-7(5-13)6-14/h1-3,7,14H,4-6H2. The highest BCUT2D eigenvalue weighted by Crippen LogP contribution is 2.18. The molecule has 1 fully saturated rings. The minimum Gasteiger partial charge on any atom is -0.396 e. The first-order valence-corrected chi connectivity index (χ1v) is 5.10. The number of pyridine rings is 1. The molecule has 1 aromatic rings. The fourth-order valence-corrected chi connectivity index (χ4v) is 1.69. The van der Waals surface area contributed by atoms with Crippen molar-refractivity contribution in [1.29, 1.82) is 0 Å². The lowest BCUT2D eigenvalue weighted by molar-refractivity contribution is 0.0356. The molecule has 0 aliphatic carbocycles. The Bertz CT molecular complexity index is 377. The summed E-state index contributed by atoms with van der Waals surface area (Å²) in [4.78, 5) is 17.4. The van der Waals surface area contributed by atoms with Gasteiger partial charge in [0.25, 0.3) is 5.91 Å². The summed E-state index contributed by atoms with van der Waals surface area (Å²) >= 11 is 5.76. The monoisotopic (exact) mass is 226 g/mol. The number of carbonyl (C=O) groups excluding carboxylic acids is 1. The maximum absolute atomic E-state index is 11.8. The number of aliphatic hydroxyl groups excluding tert-OH is 1. The molecule has 0 unspecified atom stereocenters. The molecule has 1 aromatic heterocycles. The normalized spacial score (nSPS) is 16.3. The molecule has 1 aliphatic rings. The molecule has 0 radical (unpaired) electrons. The molecule has 0 spiro atoms. The molecule has 15 heavy (non-hydrogen) atoms. The highest BCUT2D eigenvalue weighted by atomic mass is 35.5. The number of rotatable bonds is 2. The summed E-state index contributed by atoms with van der Waals surface area (Å²) in [6.07, 6.45) is 1.51. The average Bonchev–Trinajstić information content (AvgIpc) is 2.16. The number of hydrogen-bond acceptors (Lipinski definition) is 3. The van der Waals surface area contributed by atoms with Gasteiger partial charge in [0.05, 0.1) is 0 Å².